The summed E-state index contributed by atoms with van der Waals surface area (Å²) >= 11 is 6.29. The van der Waals surface area contributed by atoms with Gasteiger partial charge in [-0.15, -0.1) is 0 Å². The number of rotatable bonds is 7. The Balaban J connectivity index is 1.47. The van der Waals surface area contributed by atoms with E-state index in [1.807, 2.05) is 0 Å². The van der Waals surface area contributed by atoms with Gasteiger partial charge in [0.1, 0.15) is 16.5 Å². The number of fused-ring (bicyclic) bond motifs is 2. The molecule has 5 nitrogen and oxygen atoms in total. The van der Waals surface area contributed by atoms with E-state index in [2.05, 4.69) is 6.92 Å². The Morgan fingerprint density at radius 2 is 1.90 bits per heavy atom. The van der Waals surface area contributed by atoms with Gasteiger partial charge in [0.15, 0.2) is 9.84 Å². The molecule has 4 rings (SSSR count). The Labute approximate surface area is 188 Å². The summed E-state index contributed by atoms with van der Waals surface area (Å²) in [5.41, 5.74) is 0.0168. The van der Waals surface area contributed by atoms with E-state index in [4.69, 9.17) is 16.3 Å². The SMILES string of the molecule is CC1(COc2cc(F)c(S(=O)(=O)C[C@@H]3CCC[C@H]3C(=O)O)cc2Cl)C[C@@H]2CC[C@@H](C2)C1. The van der Waals surface area contributed by atoms with Crippen LogP contribution < -0.4 is 4.74 Å². The quantitative estimate of drug-likeness (QED) is 0.578. The number of aliphatic carboxylic acids is 1. The Hall–Kier alpha value is -1.34. The molecule has 31 heavy (non-hydrogen) atoms. The normalized spacial score (nSPS) is 32.9. The van der Waals surface area contributed by atoms with E-state index in [1.165, 1.54) is 19.3 Å². The predicted octanol–water partition coefficient (Wildman–Crippen LogP) is 5.35. The lowest BCUT2D eigenvalue weighted by Gasteiger charge is -2.37. The molecule has 1 unspecified atom stereocenters. The van der Waals surface area contributed by atoms with E-state index >= 15 is 0 Å². The monoisotopic (exact) mass is 472 g/mol. The van der Waals surface area contributed by atoms with Crippen molar-refractivity contribution >= 4 is 27.4 Å². The second-order valence-electron chi connectivity index (χ2n) is 10.2. The molecule has 0 aromatic heterocycles. The summed E-state index contributed by atoms with van der Waals surface area (Å²) in [6, 6.07) is 2.17. The molecule has 3 aliphatic rings. The van der Waals surface area contributed by atoms with Gasteiger partial charge in [-0.2, -0.15) is 0 Å². The van der Waals surface area contributed by atoms with Crippen LogP contribution in [0.3, 0.4) is 0 Å². The van der Waals surface area contributed by atoms with Crippen LogP contribution in [0.5, 0.6) is 5.75 Å². The molecular formula is C23H30ClFO5S. The fourth-order valence-electron chi connectivity index (χ4n) is 6.19. The smallest absolute Gasteiger partial charge is 0.306 e. The lowest BCUT2D eigenvalue weighted by molar-refractivity contribution is -0.142. The van der Waals surface area contributed by atoms with Gasteiger partial charge in [0, 0.05) is 11.5 Å². The Bertz CT molecular complexity index is 951. The summed E-state index contributed by atoms with van der Waals surface area (Å²) in [5.74, 6) is -1.89. The molecule has 3 saturated carbocycles. The molecule has 8 heteroatoms. The highest BCUT2D eigenvalue weighted by Gasteiger charge is 2.42. The third kappa shape index (κ3) is 4.87. The zero-order valence-electron chi connectivity index (χ0n) is 17.8. The predicted molar refractivity (Wildman–Crippen MR) is 116 cm³/mol. The van der Waals surface area contributed by atoms with Crippen LogP contribution in [0, 0.1) is 34.9 Å². The molecule has 172 valence electrons. The van der Waals surface area contributed by atoms with Crippen molar-refractivity contribution < 1.29 is 27.4 Å². The summed E-state index contributed by atoms with van der Waals surface area (Å²) in [6.07, 6.45) is 7.62. The molecule has 3 aliphatic carbocycles. The minimum Gasteiger partial charge on any atom is -0.491 e. The highest BCUT2D eigenvalue weighted by molar-refractivity contribution is 7.91. The molecule has 5 atom stereocenters. The molecule has 3 fully saturated rings. The molecule has 0 saturated heterocycles. The van der Waals surface area contributed by atoms with Crippen molar-refractivity contribution in [1.29, 1.82) is 0 Å². The van der Waals surface area contributed by atoms with Crippen LogP contribution in [0.2, 0.25) is 5.02 Å². The number of benzene rings is 1. The molecule has 2 bridgehead atoms. The molecule has 0 spiro atoms. The van der Waals surface area contributed by atoms with Crippen LogP contribution >= 0.6 is 11.6 Å². The summed E-state index contributed by atoms with van der Waals surface area (Å²) < 4.78 is 46.4. The molecule has 0 heterocycles. The van der Waals surface area contributed by atoms with Crippen LogP contribution in [0.1, 0.15) is 58.3 Å². The lowest BCUT2D eigenvalue weighted by atomic mass is 9.71. The minimum absolute atomic E-state index is 0.0168. The van der Waals surface area contributed by atoms with Crippen molar-refractivity contribution in [3.63, 3.8) is 0 Å². The highest BCUT2D eigenvalue weighted by atomic mass is 35.5. The van der Waals surface area contributed by atoms with Crippen molar-refractivity contribution in [2.24, 2.45) is 29.1 Å². The summed E-state index contributed by atoms with van der Waals surface area (Å²) in [4.78, 5) is 10.9. The van der Waals surface area contributed by atoms with Crippen molar-refractivity contribution in [2.75, 3.05) is 12.4 Å². The van der Waals surface area contributed by atoms with E-state index < -0.39 is 44.1 Å². The third-order valence-corrected chi connectivity index (χ3v) is 9.67. The van der Waals surface area contributed by atoms with Crippen molar-refractivity contribution in [1.82, 2.24) is 0 Å². The largest absolute Gasteiger partial charge is 0.491 e. The topological polar surface area (TPSA) is 80.7 Å². The fraction of sp³-hybridized carbons (Fsp3) is 0.696. The van der Waals surface area contributed by atoms with Gasteiger partial charge in [-0.25, -0.2) is 12.8 Å². The zero-order chi connectivity index (χ0) is 22.4. The van der Waals surface area contributed by atoms with Gasteiger partial charge in [0.05, 0.1) is 23.3 Å². The Morgan fingerprint density at radius 1 is 1.23 bits per heavy atom. The van der Waals surface area contributed by atoms with Crippen LogP contribution in [0.25, 0.3) is 0 Å². The first-order valence-corrected chi connectivity index (χ1v) is 13.2. The maximum Gasteiger partial charge on any atom is 0.306 e. The molecule has 0 radical (unpaired) electrons. The van der Waals surface area contributed by atoms with Gasteiger partial charge in [0.25, 0.3) is 0 Å². The summed E-state index contributed by atoms with van der Waals surface area (Å²) in [6.45, 7) is 2.62. The van der Waals surface area contributed by atoms with E-state index in [0.717, 1.165) is 36.8 Å². The number of carboxylic acid groups (broad SMARTS) is 1. The number of sulfone groups is 1. The number of hydrogen-bond donors (Lipinski definition) is 1. The van der Waals surface area contributed by atoms with Crippen LogP contribution in [0.15, 0.2) is 17.0 Å². The maximum absolute atomic E-state index is 14.8. The standard InChI is InChI=1S/C23H30ClFO5S/c1-23(10-14-5-6-15(7-14)11-23)13-30-20-9-19(25)21(8-18(20)24)31(28,29)12-16-3-2-4-17(16)22(26)27/h8-9,14-17H,2-7,10-13H2,1H3,(H,26,27)/t14-,15+,16-,17+,23?/m0/s1. The van der Waals surface area contributed by atoms with Crippen LogP contribution in [-0.4, -0.2) is 31.9 Å². The minimum atomic E-state index is -4.01. The number of hydrogen-bond acceptors (Lipinski definition) is 4. The first-order chi connectivity index (χ1) is 14.6. The molecular weight excluding hydrogens is 443 g/mol. The van der Waals surface area contributed by atoms with Gasteiger partial charge in [-0.1, -0.05) is 37.8 Å². The fourth-order valence-corrected chi connectivity index (χ4v) is 8.27. The average molecular weight is 473 g/mol. The van der Waals surface area contributed by atoms with Crippen LogP contribution in [-0.2, 0) is 14.6 Å². The molecule has 1 aromatic rings. The summed E-state index contributed by atoms with van der Waals surface area (Å²) in [5, 5.41) is 9.36. The average Bonchev–Trinajstić information content (AvgIpc) is 3.27. The Morgan fingerprint density at radius 3 is 2.55 bits per heavy atom. The van der Waals surface area contributed by atoms with Gasteiger partial charge < -0.3 is 9.84 Å². The van der Waals surface area contributed by atoms with Gasteiger partial charge >= 0.3 is 5.97 Å². The second-order valence-corrected chi connectivity index (χ2v) is 12.6. The third-order valence-electron chi connectivity index (χ3n) is 7.52. The summed E-state index contributed by atoms with van der Waals surface area (Å²) in [7, 11) is -4.01. The Kier molecular flexibility index (Phi) is 6.29. The van der Waals surface area contributed by atoms with Gasteiger partial charge in [0.2, 0.25) is 0 Å². The lowest BCUT2D eigenvalue weighted by Crippen LogP contribution is -2.32. The number of ether oxygens (including phenoxy) is 1. The highest BCUT2D eigenvalue weighted by Crippen LogP contribution is 2.50. The molecule has 1 N–H and O–H groups in total. The molecule has 0 aliphatic heterocycles. The van der Waals surface area contributed by atoms with E-state index in [-0.39, 0.29) is 16.2 Å². The van der Waals surface area contributed by atoms with Crippen LogP contribution in [0.4, 0.5) is 4.39 Å². The van der Waals surface area contributed by atoms with E-state index in [9.17, 15) is 22.7 Å². The number of carboxylic acids is 1. The van der Waals surface area contributed by atoms with Crippen molar-refractivity contribution in [3.05, 3.63) is 23.0 Å². The molecule has 0 amide bonds. The number of halogens is 2. The maximum atomic E-state index is 14.8. The first-order valence-electron chi connectivity index (χ1n) is 11.1. The number of carbonyl (C=O) groups is 1. The van der Waals surface area contributed by atoms with E-state index in [1.54, 1.807) is 0 Å². The van der Waals surface area contributed by atoms with Gasteiger partial charge in [-0.05, 0) is 55.9 Å². The second kappa shape index (κ2) is 8.54. The first kappa shape index (κ1) is 22.8. The molecule has 1 aromatic carbocycles. The van der Waals surface area contributed by atoms with Gasteiger partial charge in [-0.3, -0.25) is 4.79 Å². The van der Waals surface area contributed by atoms with Crippen molar-refractivity contribution in [2.45, 2.75) is 63.2 Å². The zero-order valence-corrected chi connectivity index (χ0v) is 19.4. The van der Waals surface area contributed by atoms with Crippen molar-refractivity contribution in [3.8, 4) is 5.75 Å². The van der Waals surface area contributed by atoms with E-state index in [0.29, 0.717) is 25.9 Å².